The summed E-state index contributed by atoms with van der Waals surface area (Å²) in [6.45, 7) is 4.46. The Balaban J connectivity index is 0. The summed E-state index contributed by atoms with van der Waals surface area (Å²) >= 11 is 0. The molecule has 7 heteroatoms. The molecular formula is C21H37NO5Y. The van der Waals surface area contributed by atoms with Crippen LogP contribution in [0.2, 0.25) is 0 Å². The molecule has 0 unspecified atom stereocenters. The number of unbranched alkanes of at least 4 members (excludes halogenated alkanes) is 8. The van der Waals surface area contributed by atoms with Crippen molar-refractivity contribution in [1.82, 2.24) is 0 Å². The van der Waals surface area contributed by atoms with Crippen molar-refractivity contribution in [3.63, 3.8) is 0 Å². The van der Waals surface area contributed by atoms with Gasteiger partial charge >= 0.3 is 0 Å². The van der Waals surface area contributed by atoms with Crippen molar-refractivity contribution in [1.29, 1.82) is 0 Å². The van der Waals surface area contributed by atoms with E-state index in [4.69, 9.17) is 10.4 Å². The predicted octanol–water partition coefficient (Wildman–Crippen LogP) is 6.86. The molecule has 0 aliphatic rings. The molecule has 0 saturated carbocycles. The molecule has 1 rings (SSSR count). The van der Waals surface area contributed by atoms with Crippen LogP contribution >= 0.6 is 0 Å². The molecule has 159 valence electrons. The second-order valence-corrected chi connectivity index (χ2v) is 6.91. The second kappa shape index (κ2) is 21.2. The number of rotatable bonds is 14. The summed E-state index contributed by atoms with van der Waals surface area (Å²) in [4.78, 5) is 14.1. The van der Waals surface area contributed by atoms with E-state index < -0.39 is 4.92 Å². The summed E-state index contributed by atoms with van der Waals surface area (Å²) in [5.41, 5.74) is -0.0159. The SMILES string of the molecule is CCCCCCCC(CCCCCCC)OO.O=[N+]([O-])c1ccc(O)cc1.[Y]. The van der Waals surface area contributed by atoms with Crippen molar-refractivity contribution in [3.8, 4) is 5.75 Å². The molecule has 0 aliphatic heterocycles. The molecular weight excluding hydrogens is 435 g/mol. The number of hydrogen-bond acceptors (Lipinski definition) is 5. The Labute approximate surface area is 195 Å². The molecule has 1 aromatic carbocycles. The molecule has 28 heavy (non-hydrogen) atoms. The normalized spacial score (nSPS) is 10.1. The number of phenolic OH excluding ortho intramolecular Hbond substituents is 1. The van der Waals surface area contributed by atoms with Gasteiger partial charge in [0.1, 0.15) is 5.75 Å². The Morgan fingerprint density at radius 1 is 0.893 bits per heavy atom. The fourth-order valence-electron chi connectivity index (χ4n) is 2.78. The summed E-state index contributed by atoms with van der Waals surface area (Å²) in [6.07, 6.45) is 15.0. The van der Waals surface area contributed by atoms with Gasteiger partial charge in [0.05, 0.1) is 11.0 Å². The molecule has 2 N–H and O–H groups in total. The number of nitrogens with zero attached hydrogens (tertiary/aromatic N) is 1. The van der Waals surface area contributed by atoms with E-state index in [1.165, 1.54) is 88.5 Å². The minimum absolute atomic E-state index is 0. The molecule has 0 atom stereocenters. The first-order valence-electron chi connectivity index (χ1n) is 10.3. The third-order valence-corrected chi connectivity index (χ3v) is 4.47. The van der Waals surface area contributed by atoms with Gasteiger partial charge in [-0.3, -0.25) is 15.4 Å². The third-order valence-electron chi connectivity index (χ3n) is 4.47. The smallest absolute Gasteiger partial charge is 0.269 e. The maximum Gasteiger partial charge on any atom is 0.269 e. The molecule has 0 saturated heterocycles. The van der Waals surface area contributed by atoms with Crippen LogP contribution in [0.4, 0.5) is 5.69 Å². The van der Waals surface area contributed by atoms with E-state index in [0.29, 0.717) is 0 Å². The standard InChI is InChI=1S/C15H32O2.C6H5NO3.Y/c1-3-5-7-9-11-13-15(17-16)14-12-10-8-6-4-2;8-6-3-1-5(2-4-6)7(9)10;/h15-16H,3-14H2,1-2H3;1-4,8H;. The minimum Gasteiger partial charge on any atom is -0.508 e. The van der Waals surface area contributed by atoms with Crippen molar-refractivity contribution < 1.29 is 52.9 Å². The molecule has 0 heterocycles. The summed E-state index contributed by atoms with van der Waals surface area (Å²) in [7, 11) is 0. The van der Waals surface area contributed by atoms with Crippen LogP contribution in [0.3, 0.4) is 0 Å². The largest absolute Gasteiger partial charge is 0.508 e. The number of aromatic hydroxyl groups is 1. The average Bonchev–Trinajstić information content (AvgIpc) is 2.67. The van der Waals surface area contributed by atoms with E-state index in [2.05, 4.69) is 18.7 Å². The van der Waals surface area contributed by atoms with Gasteiger partial charge in [0.25, 0.3) is 5.69 Å². The van der Waals surface area contributed by atoms with Crippen LogP contribution < -0.4 is 0 Å². The quantitative estimate of drug-likeness (QED) is 0.133. The maximum absolute atomic E-state index is 10.0. The first-order chi connectivity index (χ1) is 13.0. The molecule has 0 aliphatic carbocycles. The van der Waals surface area contributed by atoms with Gasteiger partial charge in [0, 0.05) is 44.8 Å². The zero-order valence-corrected chi connectivity index (χ0v) is 20.4. The summed E-state index contributed by atoms with van der Waals surface area (Å²) in [6, 6.07) is 5.04. The van der Waals surface area contributed by atoms with Gasteiger partial charge in [0.2, 0.25) is 0 Å². The number of phenols is 1. The Morgan fingerprint density at radius 3 is 1.68 bits per heavy atom. The van der Waals surface area contributed by atoms with Crippen LogP contribution in [-0.4, -0.2) is 21.4 Å². The Kier molecular flexibility index (Phi) is 22.4. The van der Waals surface area contributed by atoms with Crippen LogP contribution in [0, 0.1) is 10.1 Å². The van der Waals surface area contributed by atoms with Crippen LogP contribution in [-0.2, 0) is 37.6 Å². The molecule has 0 amide bonds. The number of nitro groups is 1. The van der Waals surface area contributed by atoms with Crippen molar-refractivity contribution >= 4 is 5.69 Å². The first-order valence-corrected chi connectivity index (χ1v) is 10.3. The molecule has 1 aromatic rings. The predicted molar refractivity (Wildman–Crippen MR) is 109 cm³/mol. The molecule has 0 spiro atoms. The van der Waals surface area contributed by atoms with Crippen molar-refractivity contribution in [2.45, 2.75) is 97.0 Å². The number of benzene rings is 1. The first kappa shape index (κ1) is 29.6. The summed E-state index contributed by atoms with van der Waals surface area (Å²) < 4.78 is 0. The topological polar surface area (TPSA) is 92.8 Å². The zero-order chi connectivity index (χ0) is 20.3. The Hall–Kier alpha value is -0.556. The van der Waals surface area contributed by atoms with E-state index in [1.54, 1.807) is 0 Å². The van der Waals surface area contributed by atoms with Gasteiger partial charge in [-0.25, -0.2) is 4.89 Å². The zero-order valence-electron chi connectivity index (χ0n) is 17.5. The van der Waals surface area contributed by atoms with Gasteiger partial charge in [-0.2, -0.15) is 0 Å². The van der Waals surface area contributed by atoms with E-state index in [0.717, 1.165) is 12.8 Å². The fraction of sp³-hybridized carbons (Fsp3) is 0.714. The van der Waals surface area contributed by atoms with Gasteiger partial charge in [-0.15, -0.1) is 0 Å². The van der Waals surface area contributed by atoms with Crippen molar-refractivity contribution in [3.05, 3.63) is 34.4 Å². The summed E-state index contributed by atoms with van der Waals surface area (Å²) in [5, 5.41) is 27.6. The van der Waals surface area contributed by atoms with Crippen molar-refractivity contribution in [2.24, 2.45) is 0 Å². The maximum atomic E-state index is 10.0. The third kappa shape index (κ3) is 17.5. The number of non-ortho nitro benzene ring substituents is 1. The van der Waals surface area contributed by atoms with E-state index in [1.807, 2.05) is 0 Å². The van der Waals surface area contributed by atoms with Crippen molar-refractivity contribution in [2.75, 3.05) is 0 Å². The van der Waals surface area contributed by atoms with Gasteiger partial charge < -0.3 is 5.11 Å². The minimum atomic E-state index is -0.514. The van der Waals surface area contributed by atoms with Crippen LogP contribution in [0.1, 0.15) is 90.9 Å². The van der Waals surface area contributed by atoms with Gasteiger partial charge in [0.15, 0.2) is 0 Å². The van der Waals surface area contributed by atoms with Crippen LogP contribution in [0.5, 0.6) is 5.75 Å². The molecule has 6 nitrogen and oxygen atoms in total. The van der Waals surface area contributed by atoms with Gasteiger partial charge in [-0.1, -0.05) is 78.1 Å². The Bertz CT molecular complexity index is 456. The van der Waals surface area contributed by atoms with E-state index in [-0.39, 0.29) is 50.3 Å². The second-order valence-electron chi connectivity index (χ2n) is 6.91. The average molecular weight is 472 g/mol. The van der Waals surface area contributed by atoms with Crippen LogP contribution in [0.25, 0.3) is 0 Å². The Morgan fingerprint density at radius 2 is 1.32 bits per heavy atom. The molecule has 0 aromatic heterocycles. The van der Waals surface area contributed by atoms with Crippen LogP contribution in [0.15, 0.2) is 24.3 Å². The monoisotopic (exact) mass is 472 g/mol. The van der Waals surface area contributed by atoms with E-state index in [9.17, 15) is 10.1 Å². The van der Waals surface area contributed by atoms with E-state index >= 15 is 0 Å². The van der Waals surface area contributed by atoms with Gasteiger partial charge in [-0.05, 0) is 25.0 Å². The molecule has 1 radical (unpaired) electrons. The molecule has 0 fully saturated rings. The number of hydrogen-bond donors (Lipinski definition) is 2. The number of nitro benzene ring substituents is 1. The fourth-order valence-corrected chi connectivity index (χ4v) is 2.78. The molecule has 0 bridgehead atoms. The summed E-state index contributed by atoms with van der Waals surface area (Å²) in [5.74, 6) is 0.0330.